The third kappa shape index (κ3) is 5.13. The standard InChI is InChI=1S/C22H19F3N2O2/c1-14-7-8-15(2)19(11-14)29-20-10-9-16(12-26-20)13-27-21(28)17-5-3-4-6-18(17)22(23,24)25/h3-12H,13H2,1-2H3,(H,27,28). The quantitative estimate of drug-likeness (QED) is 0.621. The first-order valence-electron chi connectivity index (χ1n) is 8.88. The second-order valence-electron chi connectivity index (χ2n) is 6.60. The highest BCUT2D eigenvalue weighted by atomic mass is 19.4. The number of rotatable bonds is 5. The Labute approximate surface area is 166 Å². The molecule has 0 spiro atoms. The first-order valence-corrected chi connectivity index (χ1v) is 8.88. The van der Waals surface area contributed by atoms with Crippen LogP contribution in [0.25, 0.3) is 0 Å². The van der Waals surface area contributed by atoms with Crippen molar-refractivity contribution in [1.82, 2.24) is 10.3 Å². The van der Waals surface area contributed by atoms with Crippen LogP contribution in [0.4, 0.5) is 13.2 Å². The van der Waals surface area contributed by atoms with Crippen LogP contribution in [0, 0.1) is 13.8 Å². The zero-order valence-electron chi connectivity index (χ0n) is 15.9. The molecule has 0 atom stereocenters. The highest BCUT2D eigenvalue weighted by Crippen LogP contribution is 2.31. The van der Waals surface area contributed by atoms with Gasteiger partial charge < -0.3 is 10.1 Å². The van der Waals surface area contributed by atoms with Crippen LogP contribution in [0.5, 0.6) is 11.6 Å². The number of halogens is 3. The summed E-state index contributed by atoms with van der Waals surface area (Å²) >= 11 is 0. The van der Waals surface area contributed by atoms with Crippen molar-refractivity contribution >= 4 is 5.91 Å². The Morgan fingerprint density at radius 3 is 2.52 bits per heavy atom. The number of alkyl halides is 3. The molecule has 1 amide bonds. The smallest absolute Gasteiger partial charge is 0.417 e. The van der Waals surface area contributed by atoms with Gasteiger partial charge in [0.25, 0.3) is 5.91 Å². The minimum Gasteiger partial charge on any atom is -0.439 e. The van der Waals surface area contributed by atoms with Crippen molar-refractivity contribution in [2.24, 2.45) is 0 Å². The second-order valence-corrected chi connectivity index (χ2v) is 6.60. The number of ether oxygens (including phenoxy) is 1. The average molecular weight is 400 g/mol. The second kappa shape index (κ2) is 8.34. The zero-order valence-corrected chi connectivity index (χ0v) is 15.9. The summed E-state index contributed by atoms with van der Waals surface area (Å²) in [4.78, 5) is 16.4. The number of hydrogen-bond acceptors (Lipinski definition) is 3. The molecular formula is C22H19F3N2O2. The molecule has 0 aliphatic carbocycles. The van der Waals surface area contributed by atoms with Crippen molar-refractivity contribution in [1.29, 1.82) is 0 Å². The van der Waals surface area contributed by atoms with Gasteiger partial charge in [-0.15, -0.1) is 0 Å². The molecule has 150 valence electrons. The van der Waals surface area contributed by atoms with Crippen LogP contribution in [0.1, 0.15) is 32.6 Å². The first-order chi connectivity index (χ1) is 13.7. The minimum absolute atomic E-state index is 0.0434. The molecule has 0 saturated carbocycles. The molecular weight excluding hydrogens is 381 g/mol. The number of pyridine rings is 1. The van der Waals surface area contributed by atoms with Gasteiger partial charge in [-0.3, -0.25) is 4.79 Å². The van der Waals surface area contributed by atoms with Crippen molar-refractivity contribution in [2.45, 2.75) is 26.6 Å². The molecule has 2 aromatic carbocycles. The molecule has 0 unspecified atom stereocenters. The van der Waals surface area contributed by atoms with Gasteiger partial charge in [0.1, 0.15) is 5.75 Å². The number of amides is 1. The van der Waals surface area contributed by atoms with E-state index >= 15 is 0 Å². The maximum Gasteiger partial charge on any atom is 0.417 e. The Kier molecular flexibility index (Phi) is 5.87. The predicted molar refractivity (Wildman–Crippen MR) is 103 cm³/mol. The van der Waals surface area contributed by atoms with E-state index in [2.05, 4.69) is 10.3 Å². The molecule has 0 fully saturated rings. The normalized spacial score (nSPS) is 11.2. The van der Waals surface area contributed by atoms with Gasteiger partial charge in [-0.05, 0) is 48.7 Å². The molecule has 1 heterocycles. The van der Waals surface area contributed by atoms with E-state index in [9.17, 15) is 18.0 Å². The molecule has 1 aromatic heterocycles. The predicted octanol–water partition coefficient (Wildman–Crippen LogP) is 5.44. The molecule has 4 nitrogen and oxygen atoms in total. The van der Waals surface area contributed by atoms with Crippen LogP contribution in [0.2, 0.25) is 0 Å². The van der Waals surface area contributed by atoms with Gasteiger partial charge in [0, 0.05) is 18.8 Å². The topological polar surface area (TPSA) is 51.2 Å². The van der Waals surface area contributed by atoms with Crippen LogP contribution in [-0.4, -0.2) is 10.9 Å². The lowest BCUT2D eigenvalue weighted by atomic mass is 10.1. The number of nitrogens with one attached hydrogen (secondary N) is 1. The van der Waals surface area contributed by atoms with E-state index in [0.29, 0.717) is 17.2 Å². The van der Waals surface area contributed by atoms with Gasteiger partial charge in [-0.2, -0.15) is 13.2 Å². The fourth-order valence-electron chi connectivity index (χ4n) is 2.71. The molecule has 0 aliphatic heterocycles. The number of nitrogens with zero attached hydrogens (tertiary/aromatic N) is 1. The molecule has 0 saturated heterocycles. The third-order valence-corrected chi connectivity index (χ3v) is 4.29. The summed E-state index contributed by atoms with van der Waals surface area (Å²) in [7, 11) is 0. The van der Waals surface area contributed by atoms with Gasteiger partial charge in [0.05, 0.1) is 11.1 Å². The van der Waals surface area contributed by atoms with Crippen LogP contribution < -0.4 is 10.1 Å². The van der Waals surface area contributed by atoms with Crippen molar-refractivity contribution in [3.63, 3.8) is 0 Å². The summed E-state index contributed by atoms with van der Waals surface area (Å²) in [6.45, 7) is 3.93. The lowest BCUT2D eigenvalue weighted by Crippen LogP contribution is -2.25. The van der Waals surface area contributed by atoms with E-state index in [0.717, 1.165) is 23.3 Å². The van der Waals surface area contributed by atoms with E-state index in [-0.39, 0.29) is 6.54 Å². The molecule has 29 heavy (non-hydrogen) atoms. The highest BCUT2D eigenvalue weighted by molar-refractivity contribution is 5.95. The van der Waals surface area contributed by atoms with Crippen LogP contribution in [0.15, 0.2) is 60.8 Å². The summed E-state index contributed by atoms with van der Waals surface area (Å²) in [6.07, 6.45) is -3.08. The van der Waals surface area contributed by atoms with Crippen molar-refractivity contribution in [2.75, 3.05) is 0 Å². The fourth-order valence-corrected chi connectivity index (χ4v) is 2.71. The van der Waals surface area contributed by atoms with Gasteiger partial charge in [-0.1, -0.05) is 30.3 Å². The Morgan fingerprint density at radius 1 is 1.07 bits per heavy atom. The molecule has 3 rings (SSSR count). The SMILES string of the molecule is Cc1ccc(C)c(Oc2ccc(CNC(=O)c3ccccc3C(F)(F)F)cn2)c1. The van der Waals surface area contributed by atoms with E-state index in [1.54, 1.807) is 12.1 Å². The molecule has 1 N–H and O–H groups in total. The maximum absolute atomic E-state index is 13.0. The third-order valence-electron chi connectivity index (χ3n) is 4.29. The van der Waals surface area contributed by atoms with Gasteiger partial charge >= 0.3 is 6.18 Å². The Bertz CT molecular complexity index is 1020. The Hall–Kier alpha value is -3.35. The average Bonchev–Trinajstić information content (AvgIpc) is 2.69. The highest BCUT2D eigenvalue weighted by Gasteiger charge is 2.34. The van der Waals surface area contributed by atoms with Crippen molar-refractivity contribution in [3.05, 3.63) is 88.6 Å². The monoisotopic (exact) mass is 400 g/mol. The fraction of sp³-hybridized carbons (Fsp3) is 0.182. The van der Waals surface area contributed by atoms with Gasteiger partial charge in [0.2, 0.25) is 5.88 Å². The first kappa shape index (κ1) is 20.4. The van der Waals surface area contributed by atoms with Crippen LogP contribution in [0.3, 0.4) is 0 Å². The van der Waals surface area contributed by atoms with Crippen molar-refractivity contribution in [3.8, 4) is 11.6 Å². The number of hydrogen-bond donors (Lipinski definition) is 1. The largest absolute Gasteiger partial charge is 0.439 e. The van der Waals surface area contributed by atoms with Crippen LogP contribution in [-0.2, 0) is 12.7 Å². The summed E-state index contributed by atoms with van der Waals surface area (Å²) in [6, 6.07) is 13.9. The molecule has 3 aromatic rings. The number of benzene rings is 2. The molecule has 7 heteroatoms. The van der Waals surface area contributed by atoms with Gasteiger partial charge in [0.15, 0.2) is 0 Å². The summed E-state index contributed by atoms with van der Waals surface area (Å²) in [5.41, 5.74) is 1.29. The Morgan fingerprint density at radius 2 is 1.83 bits per heavy atom. The van der Waals surface area contributed by atoms with E-state index < -0.39 is 23.2 Å². The number of carbonyl (C=O) groups excluding carboxylic acids is 1. The number of aromatic nitrogens is 1. The van der Waals surface area contributed by atoms with Gasteiger partial charge in [-0.25, -0.2) is 4.98 Å². The van der Waals surface area contributed by atoms with E-state index in [1.165, 1.54) is 18.3 Å². The van der Waals surface area contributed by atoms with E-state index in [1.807, 2.05) is 32.0 Å². The number of aryl methyl sites for hydroxylation is 2. The summed E-state index contributed by atoms with van der Waals surface area (Å²) in [5, 5.41) is 2.49. The molecule has 0 radical (unpaired) electrons. The summed E-state index contributed by atoms with van der Waals surface area (Å²) in [5.74, 6) is 0.284. The lowest BCUT2D eigenvalue weighted by molar-refractivity contribution is -0.137. The van der Waals surface area contributed by atoms with Crippen LogP contribution >= 0.6 is 0 Å². The van der Waals surface area contributed by atoms with E-state index in [4.69, 9.17) is 4.74 Å². The molecule has 0 aliphatic rings. The molecule has 0 bridgehead atoms. The maximum atomic E-state index is 13.0. The number of carbonyl (C=O) groups is 1. The Balaban J connectivity index is 1.65. The lowest BCUT2D eigenvalue weighted by Gasteiger charge is -2.13. The van der Waals surface area contributed by atoms with Crippen molar-refractivity contribution < 1.29 is 22.7 Å². The minimum atomic E-state index is -4.59. The zero-order chi connectivity index (χ0) is 21.0. The summed E-state index contributed by atoms with van der Waals surface area (Å²) < 4.78 is 44.9.